The number of anilines is 1. The van der Waals surface area contributed by atoms with Gasteiger partial charge in [-0.1, -0.05) is 0 Å². The minimum Gasteiger partial charge on any atom is -0.470 e. The molecule has 2 N–H and O–H groups in total. The fraction of sp³-hybridized carbons (Fsp3) is 0.455. The summed E-state index contributed by atoms with van der Waals surface area (Å²) in [6.07, 6.45) is 3.25. The van der Waals surface area contributed by atoms with E-state index in [2.05, 4.69) is 20.6 Å². The lowest BCUT2D eigenvalue weighted by atomic mass is 10.3. The molecule has 1 atom stereocenters. The molecule has 0 amide bonds. The summed E-state index contributed by atoms with van der Waals surface area (Å²) in [4.78, 5) is 10.6. The molecule has 1 aliphatic rings. The Balaban J connectivity index is 2.11. The van der Waals surface area contributed by atoms with E-state index in [1.165, 1.54) is 0 Å². The highest BCUT2D eigenvalue weighted by Gasteiger charge is 2.15. The molecule has 2 heterocycles. The number of aryl methyl sites for hydroxylation is 1. The number of guanidine groups is 2. The van der Waals surface area contributed by atoms with Crippen molar-refractivity contribution in [2.75, 3.05) is 19.4 Å². The Labute approximate surface area is 100 Å². The van der Waals surface area contributed by atoms with Crippen LogP contribution >= 0.6 is 0 Å². The van der Waals surface area contributed by atoms with E-state index in [-0.39, 0.29) is 6.17 Å². The molecule has 1 aromatic heterocycles. The molecule has 0 aromatic carbocycles. The fourth-order valence-electron chi connectivity index (χ4n) is 1.47. The maximum absolute atomic E-state index is 5.10. The van der Waals surface area contributed by atoms with Crippen LogP contribution in [0.4, 0.5) is 5.69 Å². The van der Waals surface area contributed by atoms with E-state index < -0.39 is 0 Å². The van der Waals surface area contributed by atoms with Gasteiger partial charge in [-0.25, -0.2) is 9.98 Å². The van der Waals surface area contributed by atoms with Gasteiger partial charge < -0.3 is 14.6 Å². The summed E-state index contributed by atoms with van der Waals surface area (Å²) in [6, 6.07) is 0. The third-order valence-corrected chi connectivity index (χ3v) is 2.39. The van der Waals surface area contributed by atoms with Crippen molar-refractivity contribution in [2.24, 2.45) is 9.98 Å². The van der Waals surface area contributed by atoms with E-state index in [4.69, 9.17) is 4.42 Å². The van der Waals surface area contributed by atoms with Gasteiger partial charge in [-0.2, -0.15) is 0 Å². The van der Waals surface area contributed by atoms with Gasteiger partial charge in [0, 0.05) is 19.7 Å². The molecule has 1 aromatic rings. The van der Waals surface area contributed by atoms with Gasteiger partial charge in [0.2, 0.25) is 11.9 Å². The summed E-state index contributed by atoms with van der Waals surface area (Å²) >= 11 is 0. The average molecular weight is 235 g/mol. The largest absolute Gasteiger partial charge is 0.470 e. The zero-order chi connectivity index (χ0) is 12.4. The molecule has 0 bridgehead atoms. The van der Waals surface area contributed by atoms with Crippen LogP contribution in [0.25, 0.3) is 0 Å². The molecule has 0 spiro atoms. The molecule has 6 heteroatoms. The van der Waals surface area contributed by atoms with Crippen LogP contribution in [0.3, 0.4) is 0 Å². The van der Waals surface area contributed by atoms with Gasteiger partial charge in [0.15, 0.2) is 0 Å². The average Bonchev–Trinajstić information content (AvgIpc) is 2.63. The smallest absolute Gasteiger partial charge is 0.204 e. The molecular weight excluding hydrogens is 218 g/mol. The molecule has 0 saturated heterocycles. The lowest BCUT2D eigenvalue weighted by Gasteiger charge is -2.24. The lowest BCUT2D eigenvalue weighted by Crippen LogP contribution is -2.46. The molecule has 0 fully saturated rings. The molecule has 0 radical (unpaired) electrons. The zero-order valence-electron chi connectivity index (χ0n) is 10.5. The first-order chi connectivity index (χ1) is 8.06. The van der Waals surface area contributed by atoms with Crippen molar-refractivity contribution >= 4 is 17.6 Å². The monoisotopic (exact) mass is 235 g/mol. The summed E-state index contributed by atoms with van der Waals surface area (Å²) in [5, 5.41) is 6.30. The third-order valence-electron chi connectivity index (χ3n) is 2.39. The highest BCUT2D eigenvalue weighted by Crippen LogP contribution is 2.15. The second-order valence-electron chi connectivity index (χ2n) is 4.18. The van der Waals surface area contributed by atoms with Gasteiger partial charge in [0.1, 0.15) is 12.4 Å². The van der Waals surface area contributed by atoms with E-state index in [1.54, 1.807) is 12.5 Å². The highest BCUT2D eigenvalue weighted by molar-refractivity contribution is 6.06. The topological polar surface area (TPSA) is 65.2 Å². The quantitative estimate of drug-likeness (QED) is 0.768. The number of furan rings is 1. The summed E-state index contributed by atoms with van der Waals surface area (Å²) in [5.41, 5.74) is 1.94. The van der Waals surface area contributed by atoms with Crippen LogP contribution in [0, 0.1) is 6.92 Å². The lowest BCUT2D eigenvalue weighted by molar-refractivity contribution is 0.566. The minimum atomic E-state index is -0.0941. The Bertz CT molecular complexity index is 460. The van der Waals surface area contributed by atoms with Crippen LogP contribution in [-0.2, 0) is 0 Å². The van der Waals surface area contributed by atoms with E-state index in [0.29, 0.717) is 5.96 Å². The van der Waals surface area contributed by atoms with Gasteiger partial charge in [-0.3, -0.25) is 5.32 Å². The maximum Gasteiger partial charge on any atom is 0.204 e. The standard InChI is InChI=1S/C11H17N5O/c1-7-5-17-6-9(7)14-10-12-8(2)13-11(15-10)16(3)4/h5-6,8H,1-4H3,(H2,12,13,14,15). The molecule has 17 heavy (non-hydrogen) atoms. The van der Waals surface area contributed by atoms with Crippen LogP contribution < -0.4 is 10.6 Å². The van der Waals surface area contributed by atoms with E-state index in [9.17, 15) is 0 Å². The Morgan fingerprint density at radius 1 is 1.35 bits per heavy atom. The van der Waals surface area contributed by atoms with Crippen LogP contribution in [0.5, 0.6) is 0 Å². The predicted molar refractivity (Wildman–Crippen MR) is 68.2 cm³/mol. The van der Waals surface area contributed by atoms with Crippen LogP contribution in [0.2, 0.25) is 0 Å². The molecule has 92 valence electrons. The van der Waals surface area contributed by atoms with Gasteiger partial charge in [0.25, 0.3) is 0 Å². The Hall–Kier alpha value is -1.98. The molecule has 6 nitrogen and oxygen atoms in total. The predicted octanol–water partition coefficient (Wildman–Crippen LogP) is 1.22. The van der Waals surface area contributed by atoms with Crippen LogP contribution in [0.15, 0.2) is 26.9 Å². The van der Waals surface area contributed by atoms with Gasteiger partial charge in [-0.15, -0.1) is 0 Å². The van der Waals surface area contributed by atoms with Crippen LogP contribution in [0.1, 0.15) is 12.5 Å². The molecule has 2 rings (SSSR count). The molecule has 1 unspecified atom stereocenters. The SMILES string of the molecule is Cc1cocc1NC1=NC(C)N=C(N(C)C)N1. The number of aliphatic imine (C=N–C) groups is 2. The number of hydrogen-bond acceptors (Lipinski definition) is 6. The van der Waals surface area contributed by atoms with E-state index >= 15 is 0 Å². The van der Waals surface area contributed by atoms with Gasteiger partial charge in [-0.05, 0) is 13.8 Å². The van der Waals surface area contributed by atoms with E-state index in [1.807, 2.05) is 32.8 Å². The Kier molecular flexibility index (Phi) is 3.03. The molecular formula is C11H17N5O. The minimum absolute atomic E-state index is 0.0941. The van der Waals surface area contributed by atoms with Gasteiger partial charge in [0.05, 0.1) is 12.0 Å². The van der Waals surface area contributed by atoms with Gasteiger partial charge >= 0.3 is 0 Å². The first-order valence-electron chi connectivity index (χ1n) is 5.46. The van der Waals surface area contributed by atoms with Crippen LogP contribution in [-0.4, -0.2) is 37.1 Å². The molecule has 1 aliphatic heterocycles. The van der Waals surface area contributed by atoms with E-state index in [0.717, 1.165) is 17.2 Å². The fourth-order valence-corrected chi connectivity index (χ4v) is 1.47. The summed E-state index contributed by atoms with van der Waals surface area (Å²) in [5.74, 6) is 1.47. The number of nitrogens with zero attached hydrogens (tertiary/aromatic N) is 3. The Morgan fingerprint density at radius 2 is 2.12 bits per heavy atom. The third kappa shape index (κ3) is 2.58. The second kappa shape index (κ2) is 4.48. The van der Waals surface area contributed by atoms with Crippen molar-refractivity contribution in [3.05, 3.63) is 18.1 Å². The normalized spacial score (nSPS) is 19.2. The number of nitrogens with one attached hydrogen (secondary N) is 2. The maximum atomic E-state index is 5.10. The second-order valence-corrected chi connectivity index (χ2v) is 4.18. The summed E-state index contributed by atoms with van der Waals surface area (Å²) in [7, 11) is 3.87. The summed E-state index contributed by atoms with van der Waals surface area (Å²) in [6.45, 7) is 3.91. The summed E-state index contributed by atoms with van der Waals surface area (Å²) < 4.78 is 5.10. The number of hydrogen-bond donors (Lipinski definition) is 2. The first kappa shape index (κ1) is 11.5. The number of rotatable bonds is 1. The molecule has 0 saturated carbocycles. The van der Waals surface area contributed by atoms with Crippen molar-refractivity contribution in [1.82, 2.24) is 10.2 Å². The van der Waals surface area contributed by atoms with Crippen molar-refractivity contribution < 1.29 is 4.42 Å². The zero-order valence-corrected chi connectivity index (χ0v) is 10.5. The van der Waals surface area contributed by atoms with Crippen molar-refractivity contribution in [3.63, 3.8) is 0 Å². The Morgan fingerprint density at radius 3 is 2.71 bits per heavy atom. The first-order valence-corrected chi connectivity index (χ1v) is 5.46. The van der Waals surface area contributed by atoms with Crippen molar-refractivity contribution in [1.29, 1.82) is 0 Å². The molecule has 0 aliphatic carbocycles. The van der Waals surface area contributed by atoms with Crippen molar-refractivity contribution in [2.45, 2.75) is 20.0 Å². The highest BCUT2D eigenvalue weighted by atomic mass is 16.3. The van der Waals surface area contributed by atoms with Crippen molar-refractivity contribution in [3.8, 4) is 0 Å².